The number of carbonyl (C=O) groups excluding carboxylic acids is 1. The van der Waals surface area contributed by atoms with Gasteiger partial charge in [-0.25, -0.2) is 4.98 Å². The predicted octanol–water partition coefficient (Wildman–Crippen LogP) is 0.535. The highest BCUT2D eigenvalue weighted by atomic mass is 16.5. The highest BCUT2D eigenvalue weighted by Crippen LogP contribution is 1.97. The monoisotopic (exact) mass is 268 g/mol. The molecule has 108 valence electrons. The lowest BCUT2D eigenvalue weighted by molar-refractivity contribution is -0.121. The van der Waals surface area contributed by atoms with Crippen LogP contribution in [0.25, 0.3) is 0 Å². The van der Waals surface area contributed by atoms with E-state index in [1.165, 1.54) is 0 Å². The third kappa shape index (κ3) is 6.35. The molecule has 1 aromatic heterocycles. The third-order valence-electron chi connectivity index (χ3n) is 2.67. The molecule has 0 fully saturated rings. The summed E-state index contributed by atoms with van der Waals surface area (Å²) >= 11 is 0. The molecule has 0 aromatic carbocycles. The minimum Gasteiger partial charge on any atom is -0.385 e. The van der Waals surface area contributed by atoms with Crippen LogP contribution < -0.4 is 10.6 Å². The van der Waals surface area contributed by atoms with Crippen LogP contribution in [0.1, 0.15) is 25.6 Å². The molecule has 19 heavy (non-hydrogen) atoms. The second-order valence-corrected chi connectivity index (χ2v) is 4.34. The Bertz CT molecular complexity index is 365. The molecule has 6 heteroatoms. The molecule has 1 aromatic rings. The summed E-state index contributed by atoms with van der Waals surface area (Å²) in [6.45, 7) is 5.39. The van der Waals surface area contributed by atoms with E-state index in [1.807, 2.05) is 10.8 Å². The summed E-state index contributed by atoms with van der Waals surface area (Å²) in [5, 5.41) is 6.14. The highest BCUT2D eigenvalue weighted by Gasteiger charge is 2.06. The Morgan fingerprint density at radius 3 is 3.05 bits per heavy atom. The molecule has 1 amide bonds. The molecule has 0 saturated carbocycles. The molecular formula is C13H24N4O2. The quantitative estimate of drug-likeness (QED) is 0.608. The zero-order valence-corrected chi connectivity index (χ0v) is 11.8. The Morgan fingerprint density at radius 1 is 1.47 bits per heavy atom. The largest absolute Gasteiger partial charge is 0.385 e. The van der Waals surface area contributed by atoms with E-state index in [4.69, 9.17) is 4.74 Å². The number of hydrogen-bond donors (Lipinski definition) is 2. The molecule has 1 rings (SSSR count). The number of carbonyl (C=O) groups is 1. The maximum absolute atomic E-state index is 11.7. The van der Waals surface area contributed by atoms with Crippen LogP contribution in [0.2, 0.25) is 0 Å². The maximum atomic E-state index is 11.7. The van der Waals surface area contributed by atoms with Crippen molar-refractivity contribution in [2.75, 3.05) is 26.8 Å². The Balaban J connectivity index is 2.31. The van der Waals surface area contributed by atoms with Crippen LogP contribution in [0.15, 0.2) is 12.4 Å². The smallest absolute Gasteiger partial charge is 0.239 e. The van der Waals surface area contributed by atoms with Crippen molar-refractivity contribution in [3.63, 3.8) is 0 Å². The van der Waals surface area contributed by atoms with Gasteiger partial charge in [-0.2, -0.15) is 0 Å². The van der Waals surface area contributed by atoms with Crippen molar-refractivity contribution in [2.45, 2.75) is 32.9 Å². The first-order valence-electron chi connectivity index (χ1n) is 6.74. The molecule has 0 spiro atoms. The Labute approximate surface area is 114 Å². The number of nitrogens with one attached hydrogen (secondary N) is 2. The Kier molecular flexibility index (Phi) is 7.84. The minimum atomic E-state index is 0.00541. The van der Waals surface area contributed by atoms with Gasteiger partial charge in [-0.15, -0.1) is 0 Å². The van der Waals surface area contributed by atoms with Gasteiger partial charge in [0.1, 0.15) is 12.4 Å². The van der Waals surface area contributed by atoms with Gasteiger partial charge in [-0.3, -0.25) is 4.79 Å². The zero-order valence-electron chi connectivity index (χ0n) is 11.8. The van der Waals surface area contributed by atoms with Crippen molar-refractivity contribution in [2.24, 2.45) is 0 Å². The van der Waals surface area contributed by atoms with Gasteiger partial charge in [0.2, 0.25) is 5.91 Å². The van der Waals surface area contributed by atoms with Crippen molar-refractivity contribution in [3.05, 3.63) is 18.2 Å². The molecule has 0 radical (unpaired) electrons. The standard InChI is InChI=1S/C13H24N4O2/c1-3-5-14-10-12-15-7-8-17(12)11-13(18)16-6-4-9-19-2/h7-8,14H,3-6,9-11H2,1-2H3,(H,16,18). The van der Waals surface area contributed by atoms with Gasteiger partial charge in [0.15, 0.2) is 0 Å². The topological polar surface area (TPSA) is 68.2 Å². The van der Waals surface area contributed by atoms with Gasteiger partial charge in [0, 0.05) is 32.7 Å². The lowest BCUT2D eigenvalue weighted by Gasteiger charge is -2.09. The van der Waals surface area contributed by atoms with Gasteiger partial charge < -0.3 is 19.9 Å². The lowest BCUT2D eigenvalue weighted by atomic mass is 10.4. The van der Waals surface area contributed by atoms with E-state index < -0.39 is 0 Å². The molecule has 6 nitrogen and oxygen atoms in total. The molecule has 2 N–H and O–H groups in total. The van der Waals surface area contributed by atoms with Crippen molar-refractivity contribution in [1.29, 1.82) is 0 Å². The van der Waals surface area contributed by atoms with Gasteiger partial charge in [0.25, 0.3) is 0 Å². The molecule has 0 saturated heterocycles. The molecule has 1 heterocycles. The molecule has 0 aliphatic heterocycles. The summed E-state index contributed by atoms with van der Waals surface area (Å²) < 4.78 is 6.80. The second-order valence-electron chi connectivity index (χ2n) is 4.34. The first-order chi connectivity index (χ1) is 9.27. The van der Waals surface area contributed by atoms with E-state index in [1.54, 1.807) is 13.3 Å². The Hall–Kier alpha value is -1.40. The summed E-state index contributed by atoms with van der Waals surface area (Å²) in [6, 6.07) is 0. The van der Waals surface area contributed by atoms with Gasteiger partial charge in [-0.05, 0) is 19.4 Å². The van der Waals surface area contributed by atoms with Gasteiger partial charge >= 0.3 is 0 Å². The van der Waals surface area contributed by atoms with E-state index in [2.05, 4.69) is 22.5 Å². The number of methoxy groups -OCH3 is 1. The van der Waals surface area contributed by atoms with Crippen molar-refractivity contribution in [3.8, 4) is 0 Å². The second kappa shape index (κ2) is 9.52. The van der Waals surface area contributed by atoms with Crippen LogP contribution in [-0.2, 0) is 22.6 Å². The zero-order chi connectivity index (χ0) is 13.9. The van der Waals surface area contributed by atoms with Gasteiger partial charge in [0.05, 0.1) is 6.54 Å². The number of nitrogens with zero attached hydrogens (tertiary/aromatic N) is 2. The predicted molar refractivity (Wildman–Crippen MR) is 73.7 cm³/mol. The normalized spacial score (nSPS) is 10.6. The number of hydrogen-bond acceptors (Lipinski definition) is 4. The summed E-state index contributed by atoms with van der Waals surface area (Å²) in [6.07, 6.45) is 5.47. The lowest BCUT2D eigenvalue weighted by Crippen LogP contribution is -2.30. The first-order valence-corrected chi connectivity index (χ1v) is 6.74. The van der Waals surface area contributed by atoms with Crippen molar-refractivity contribution < 1.29 is 9.53 Å². The summed E-state index contributed by atoms with van der Waals surface area (Å²) in [7, 11) is 1.66. The Morgan fingerprint density at radius 2 is 2.32 bits per heavy atom. The maximum Gasteiger partial charge on any atom is 0.239 e. The molecular weight excluding hydrogens is 244 g/mol. The minimum absolute atomic E-state index is 0.00541. The SMILES string of the molecule is CCCNCc1nccn1CC(=O)NCCCOC. The van der Waals surface area contributed by atoms with E-state index in [9.17, 15) is 4.79 Å². The van der Waals surface area contributed by atoms with Crippen LogP contribution in [0.5, 0.6) is 0 Å². The summed E-state index contributed by atoms with van der Waals surface area (Å²) in [5.41, 5.74) is 0. The number of amides is 1. The van der Waals surface area contributed by atoms with Crippen LogP contribution in [0.3, 0.4) is 0 Å². The van der Waals surface area contributed by atoms with E-state index in [-0.39, 0.29) is 5.91 Å². The number of imidazole rings is 1. The van der Waals surface area contributed by atoms with Crippen LogP contribution in [-0.4, -0.2) is 42.3 Å². The fraction of sp³-hybridized carbons (Fsp3) is 0.692. The fourth-order valence-corrected chi connectivity index (χ4v) is 1.68. The van der Waals surface area contributed by atoms with Crippen LogP contribution >= 0.6 is 0 Å². The van der Waals surface area contributed by atoms with Crippen molar-refractivity contribution in [1.82, 2.24) is 20.2 Å². The van der Waals surface area contributed by atoms with E-state index >= 15 is 0 Å². The number of ether oxygens (including phenoxy) is 1. The summed E-state index contributed by atoms with van der Waals surface area (Å²) in [5.74, 6) is 0.895. The third-order valence-corrected chi connectivity index (χ3v) is 2.67. The van der Waals surface area contributed by atoms with Crippen molar-refractivity contribution >= 4 is 5.91 Å². The average Bonchev–Trinajstić information content (AvgIpc) is 2.82. The molecule has 0 bridgehead atoms. The number of aromatic nitrogens is 2. The molecule has 0 aliphatic rings. The van der Waals surface area contributed by atoms with Crippen LogP contribution in [0, 0.1) is 0 Å². The summed E-state index contributed by atoms with van der Waals surface area (Å²) in [4.78, 5) is 16.0. The van der Waals surface area contributed by atoms with Crippen LogP contribution in [0.4, 0.5) is 0 Å². The van der Waals surface area contributed by atoms with E-state index in [0.717, 1.165) is 25.2 Å². The molecule has 0 unspecified atom stereocenters. The van der Waals surface area contributed by atoms with Gasteiger partial charge in [-0.1, -0.05) is 6.92 Å². The fourth-order valence-electron chi connectivity index (χ4n) is 1.68. The molecule has 0 aliphatic carbocycles. The molecule has 0 atom stereocenters. The first kappa shape index (κ1) is 15.7. The highest BCUT2D eigenvalue weighted by molar-refractivity contribution is 5.75. The van der Waals surface area contributed by atoms with E-state index in [0.29, 0.717) is 26.2 Å². The average molecular weight is 268 g/mol. The number of rotatable bonds is 10.